The number of ether oxygens (including phenoxy) is 1. The van der Waals surface area contributed by atoms with Crippen LogP contribution in [0.5, 0.6) is 0 Å². The maximum absolute atomic E-state index is 12.1. The van der Waals surface area contributed by atoms with Gasteiger partial charge in [0.15, 0.2) is 0 Å². The first-order valence-corrected chi connectivity index (χ1v) is 6.67. The van der Waals surface area contributed by atoms with Gasteiger partial charge in [-0.3, -0.25) is 10.1 Å². The van der Waals surface area contributed by atoms with Crippen LogP contribution in [0.1, 0.15) is 24.2 Å². The number of esters is 1. The van der Waals surface area contributed by atoms with Crippen molar-refractivity contribution in [2.24, 2.45) is 0 Å². The molecule has 0 fully saturated rings. The number of hydrogen-bond donors (Lipinski definition) is 1. The van der Waals surface area contributed by atoms with Gasteiger partial charge >= 0.3 is 5.97 Å². The quantitative estimate of drug-likeness (QED) is 0.520. The number of fused-ring (bicyclic) bond motifs is 1. The number of aromatic nitrogens is 1. The minimum Gasteiger partial charge on any atom is -0.465 e. The summed E-state index contributed by atoms with van der Waals surface area (Å²) in [5.41, 5.74) is 1.04. The summed E-state index contributed by atoms with van der Waals surface area (Å²) >= 11 is 0. The molecule has 1 N–H and O–H groups in total. The molecule has 1 aromatic carbocycles. The Labute approximate surface area is 121 Å². The molecule has 0 saturated carbocycles. The molecule has 7 nitrogen and oxygen atoms in total. The van der Waals surface area contributed by atoms with Gasteiger partial charge in [-0.15, -0.1) is 0 Å². The first kappa shape index (κ1) is 14.8. The number of carbonyl (C=O) groups is 1. The lowest BCUT2D eigenvalue weighted by atomic mass is 10.1. The lowest BCUT2D eigenvalue weighted by Gasteiger charge is -2.10. The number of anilines is 1. The Morgan fingerprint density at radius 3 is 2.67 bits per heavy atom. The van der Waals surface area contributed by atoms with Crippen LogP contribution in [0.15, 0.2) is 18.2 Å². The van der Waals surface area contributed by atoms with Crippen molar-refractivity contribution in [3.05, 3.63) is 33.9 Å². The van der Waals surface area contributed by atoms with Gasteiger partial charge in [0.25, 0.3) is 5.69 Å². The Kier molecular flexibility index (Phi) is 4.11. The Balaban J connectivity index is 2.82. The van der Waals surface area contributed by atoms with E-state index in [9.17, 15) is 14.9 Å². The zero-order valence-corrected chi connectivity index (χ0v) is 12.2. The molecule has 0 aliphatic carbocycles. The summed E-state index contributed by atoms with van der Waals surface area (Å²) in [6.07, 6.45) is 0. The molecule has 0 bridgehead atoms. The number of non-ortho nitro benzene ring substituents is 1. The van der Waals surface area contributed by atoms with Crippen LogP contribution in [0.25, 0.3) is 10.9 Å². The molecule has 0 aliphatic rings. The molecule has 2 aromatic rings. The van der Waals surface area contributed by atoms with E-state index in [1.807, 2.05) is 18.4 Å². The number of methoxy groups -OCH3 is 1. The number of carbonyl (C=O) groups excluding carboxylic acids is 1. The molecule has 1 aromatic heterocycles. The summed E-state index contributed by atoms with van der Waals surface area (Å²) in [6, 6.07) is 4.46. The second kappa shape index (κ2) is 5.82. The number of nitro benzene ring substituents is 1. The number of benzene rings is 1. The molecule has 2 rings (SSSR count). The molecule has 0 atom stereocenters. The second-order valence-corrected chi connectivity index (χ2v) is 4.45. The van der Waals surface area contributed by atoms with Gasteiger partial charge in [0.2, 0.25) is 0 Å². The van der Waals surface area contributed by atoms with E-state index in [1.165, 1.54) is 19.2 Å². The third kappa shape index (κ3) is 2.42. The van der Waals surface area contributed by atoms with Crippen LogP contribution >= 0.6 is 0 Å². The molecule has 21 heavy (non-hydrogen) atoms. The Morgan fingerprint density at radius 1 is 1.43 bits per heavy atom. The van der Waals surface area contributed by atoms with E-state index in [1.54, 1.807) is 6.07 Å². The second-order valence-electron chi connectivity index (χ2n) is 4.45. The maximum Gasteiger partial charge on any atom is 0.342 e. The lowest BCUT2D eigenvalue weighted by molar-refractivity contribution is -0.384. The first-order valence-electron chi connectivity index (χ1n) is 6.67. The summed E-state index contributed by atoms with van der Waals surface area (Å²) in [5.74, 6) is 0.166. The predicted molar refractivity (Wildman–Crippen MR) is 79.8 cm³/mol. The van der Waals surface area contributed by atoms with Crippen LogP contribution in [-0.2, 0) is 11.3 Å². The van der Waals surface area contributed by atoms with Crippen molar-refractivity contribution in [2.75, 3.05) is 19.0 Å². The molecule has 0 aliphatic heterocycles. The van der Waals surface area contributed by atoms with E-state index < -0.39 is 10.9 Å². The van der Waals surface area contributed by atoms with Crippen LogP contribution in [-0.4, -0.2) is 29.1 Å². The van der Waals surface area contributed by atoms with Gasteiger partial charge in [-0.25, -0.2) is 4.79 Å². The average Bonchev–Trinajstić information content (AvgIpc) is 2.79. The van der Waals surface area contributed by atoms with Crippen molar-refractivity contribution in [3.8, 4) is 0 Å². The molecule has 0 amide bonds. The Bertz CT molecular complexity index is 706. The zero-order chi connectivity index (χ0) is 15.6. The zero-order valence-electron chi connectivity index (χ0n) is 12.2. The van der Waals surface area contributed by atoms with E-state index in [-0.39, 0.29) is 5.69 Å². The largest absolute Gasteiger partial charge is 0.465 e. The fourth-order valence-electron chi connectivity index (χ4n) is 2.44. The van der Waals surface area contributed by atoms with Gasteiger partial charge in [0.1, 0.15) is 11.4 Å². The molecule has 1 heterocycles. The number of rotatable bonds is 5. The Morgan fingerprint density at radius 2 is 2.14 bits per heavy atom. The molecular formula is C14H17N3O4. The maximum atomic E-state index is 12.1. The number of aryl methyl sites for hydroxylation is 1. The normalized spacial score (nSPS) is 10.6. The van der Waals surface area contributed by atoms with Gasteiger partial charge in [-0.2, -0.15) is 0 Å². The highest BCUT2D eigenvalue weighted by Crippen LogP contribution is 2.33. The molecule has 0 unspecified atom stereocenters. The summed E-state index contributed by atoms with van der Waals surface area (Å²) in [5, 5.41) is 14.7. The summed E-state index contributed by atoms with van der Waals surface area (Å²) in [4.78, 5) is 22.6. The van der Waals surface area contributed by atoms with Crippen molar-refractivity contribution in [2.45, 2.75) is 20.4 Å². The molecular weight excluding hydrogens is 274 g/mol. The van der Waals surface area contributed by atoms with E-state index in [0.29, 0.717) is 35.4 Å². The topological polar surface area (TPSA) is 86.4 Å². The molecule has 0 radical (unpaired) electrons. The van der Waals surface area contributed by atoms with Gasteiger partial charge in [0, 0.05) is 30.6 Å². The van der Waals surface area contributed by atoms with Crippen molar-refractivity contribution in [1.29, 1.82) is 0 Å². The minimum absolute atomic E-state index is 0.00540. The third-order valence-corrected chi connectivity index (χ3v) is 3.31. The summed E-state index contributed by atoms with van der Waals surface area (Å²) in [7, 11) is 1.32. The monoisotopic (exact) mass is 291 g/mol. The molecule has 7 heteroatoms. The van der Waals surface area contributed by atoms with Gasteiger partial charge in [-0.05, 0) is 19.9 Å². The first-order chi connectivity index (χ1) is 10.0. The highest BCUT2D eigenvalue weighted by Gasteiger charge is 2.24. The molecule has 0 spiro atoms. The van der Waals surface area contributed by atoms with Crippen LogP contribution < -0.4 is 5.32 Å². The predicted octanol–water partition coefficient (Wildman–Crippen LogP) is 2.79. The van der Waals surface area contributed by atoms with Gasteiger partial charge < -0.3 is 14.6 Å². The number of hydrogen-bond acceptors (Lipinski definition) is 5. The number of nitrogens with one attached hydrogen (secondary N) is 1. The molecule has 112 valence electrons. The number of nitro groups is 1. The fourth-order valence-corrected chi connectivity index (χ4v) is 2.44. The van der Waals surface area contributed by atoms with Crippen molar-refractivity contribution >= 4 is 28.4 Å². The van der Waals surface area contributed by atoms with E-state index in [2.05, 4.69) is 5.32 Å². The van der Waals surface area contributed by atoms with Crippen LogP contribution in [0.4, 0.5) is 11.5 Å². The molecule has 0 saturated heterocycles. The smallest absolute Gasteiger partial charge is 0.342 e. The van der Waals surface area contributed by atoms with Crippen molar-refractivity contribution in [1.82, 2.24) is 4.57 Å². The van der Waals surface area contributed by atoms with Crippen LogP contribution in [0.2, 0.25) is 0 Å². The van der Waals surface area contributed by atoms with E-state index in [4.69, 9.17) is 4.74 Å². The van der Waals surface area contributed by atoms with Gasteiger partial charge in [0.05, 0.1) is 17.5 Å². The van der Waals surface area contributed by atoms with Crippen molar-refractivity contribution < 1.29 is 14.5 Å². The summed E-state index contributed by atoms with van der Waals surface area (Å²) < 4.78 is 6.69. The van der Waals surface area contributed by atoms with Crippen molar-refractivity contribution in [3.63, 3.8) is 0 Å². The number of nitrogens with zero attached hydrogens (tertiary/aromatic N) is 2. The van der Waals surface area contributed by atoms with E-state index in [0.717, 1.165) is 0 Å². The summed E-state index contributed by atoms with van der Waals surface area (Å²) in [6.45, 7) is 5.04. The fraction of sp³-hybridized carbons (Fsp3) is 0.357. The van der Waals surface area contributed by atoms with Crippen LogP contribution in [0, 0.1) is 10.1 Å². The average molecular weight is 291 g/mol. The third-order valence-electron chi connectivity index (χ3n) is 3.31. The lowest BCUT2D eigenvalue weighted by Crippen LogP contribution is -2.10. The van der Waals surface area contributed by atoms with E-state index >= 15 is 0 Å². The minimum atomic E-state index is -0.461. The Hall–Kier alpha value is -2.57. The standard InChI is InChI=1S/C14H17N3O4/c1-4-15-13-12(14(18)21-3)10-7-6-9(17(19)20)8-11(10)16(13)5-2/h6-8,15H,4-5H2,1-3H3. The highest BCUT2D eigenvalue weighted by atomic mass is 16.6. The SMILES string of the molecule is CCNc1c(C(=O)OC)c2ccc([N+](=O)[O-])cc2n1CC. The highest BCUT2D eigenvalue weighted by molar-refractivity contribution is 6.10. The van der Waals surface area contributed by atoms with Crippen LogP contribution in [0.3, 0.4) is 0 Å². The van der Waals surface area contributed by atoms with Gasteiger partial charge in [-0.1, -0.05) is 0 Å².